The zero-order valence-electron chi connectivity index (χ0n) is 25.1. The molecule has 17 heteroatoms. The van der Waals surface area contributed by atoms with E-state index in [1.165, 1.54) is 6.07 Å². The summed E-state index contributed by atoms with van der Waals surface area (Å²) >= 11 is 0. The van der Waals surface area contributed by atoms with Crippen molar-refractivity contribution < 1.29 is 52.2 Å². The normalized spacial score (nSPS) is 14.0. The first-order chi connectivity index (χ1) is 20.4. The van der Waals surface area contributed by atoms with E-state index in [0.717, 1.165) is 51.4 Å². The number of unbranched alkanes of at least 4 members (excludes halogenated alkanes) is 8. The summed E-state index contributed by atoms with van der Waals surface area (Å²) in [6, 6.07) is 3.00. The number of carbonyl (C=O) groups excluding carboxylic acids is 1. The molecule has 0 bridgehead atoms. The van der Waals surface area contributed by atoms with Crippen LogP contribution in [0, 0.1) is 10.1 Å². The molecular formula is C26H45N5O11P+. The van der Waals surface area contributed by atoms with Crippen molar-refractivity contribution in [2.75, 3.05) is 59.4 Å². The monoisotopic (exact) mass is 634 g/mol. The number of nitro benzene ring substituents is 1. The number of phosphoric ester groups is 1. The van der Waals surface area contributed by atoms with Crippen LogP contribution in [0.15, 0.2) is 16.8 Å². The number of hydrogen-bond acceptors (Lipinski definition) is 13. The molecule has 0 amide bonds. The number of nitro groups is 1. The van der Waals surface area contributed by atoms with Gasteiger partial charge in [-0.3, -0.25) is 29.2 Å². The molecule has 0 aliphatic heterocycles. The highest BCUT2D eigenvalue weighted by Crippen LogP contribution is 2.43. The van der Waals surface area contributed by atoms with Gasteiger partial charge in [-0.25, -0.2) is 14.1 Å². The summed E-state index contributed by atoms with van der Waals surface area (Å²) in [5, 5.41) is 30.7. The van der Waals surface area contributed by atoms with E-state index in [1.54, 1.807) is 6.07 Å². The minimum absolute atomic E-state index is 0.00927. The van der Waals surface area contributed by atoms with Gasteiger partial charge in [0.25, 0.3) is 0 Å². The van der Waals surface area contributed by atoms with Gasteiger partial charge in [0.05, 0.1) is 38.4 Å². The van der Waals surface area contributed by atoms with Gasteiger partial charge < -0.3 is 19.4 Å². The molecule has 2 rings (SSSR count). The van der Waals surface area contributed by atoms with E-state index in [-0.39, 0.29) is 30.8 Å². The highest BCUT2D eigenvalue weighted by Gasteiger charge is 2.26. The molecule has 1 aromatic heterocycles. The quantitative estimate of drug-likeness (QED) is 0.0273. The molecule has 3 N–H and O–H groups in total. The second-order valence-electron chi connectivity index (χ2n) is 11.2. The number of anilines is 1. The second kappa shape index (κ2) is 18.8. The second-order valence-corrected chi connectivity index (χ2v) is 12.7. The smallest absolute Gasteiger partial charge is 0.463 e. The van der Waals surface area contributed by atoms with Crippen LogP contribution in [-0.2, 0) is 28.0 Å². The van der Waals surface area contributed by atoms with Crippen LogP contribution < -0.4 is 5.32 Å². The van der Waals surface area contributed by atoms with E-state index >= 15 is 0 Å². The highest BCUT2D eigenvalue weighted by molar-refractivity contribution is 7.47. The van der Waals surface area contributed by atoms with Gasteiger partial charge in [0.15, 0.2) is 11.6 Å². The topological polar surface area (TPSA) is 206 Å². The van der Waals surface area contributed by atoms with Crippen molar-refractivity contribution in [1.29, 1.82) is 0 Å². The third-order valence-electron chi connectivity index (χ3n) is 6.48. The summed E-state index contributed by atoms with van der Waals surface area (Å²) in [6.45, 7) is 0.408. The van der Waals surface area contributed by atoms with Crippen molar-refractivity contribution in [3.05, 3.63) is 22.2 Å². The van der Waals surface area contributed by atoms with Gasteiger partial charge >= 0.3 is 19.5 Å². The van der Waals surface area contributed by atoms with Crippen LogP contribution in [-0.4, -0.2) is 96.0 Å². The number of non-ortho nitro benzene ring substituents is 1. The van der Waals surface area contributed by atoms with Gasteiger partial charge in [-0.15, -0.1) is 0 Å². The molecule has 0 spiro atoms. The largest absolute Gasteiger partial charge is 0.472 e. The Kier molecular flexibility index (Phi) is 16.0. The van der Waals surface area contributed by atoms with Gasteiger partial charge in [-0.2, -0.15) is 0 Å². The fourth-order valence-electron chi connectivity index (χ4n) is 4.01. The molecule has 1 aromatic carbocycles. The number of hydrogen-bond donors (Lipinski definition) is 3. The number of benzene rings is 1. The number of quaternary nitrogens is 1. The molecule has 1 unspecified atom stereocenters. The number of fused-ring (bicyclic) bond motifs is 1. The predicted molar refractivity (Wildman–Crippen MR) is 156 cm³/mol. The number of phosphoric acid groups is 1. The fraction of sp³-hybridized carbons (Fsp3) is 0.731. The lowest BCUT2D eigenvalue weighted by atomic mass is 10.1. The maximum absolute atomic E-state index is 12.0. The minimum atomic E-state index is -4.32. The van der Waals surface area contributed by atoms with Crippen molar-refractivity contribution in [1.82, 2.24) is 10.3 Å². The standard InChI is InChI=1S/C26H44N5O11P/c1-31(2,3)17-18-39-43(36,37)40-20-21(41-35)19-38-24(32)13-11-9-7-5-4-6-8-10-12-16-27-22-14-15-23(30(33)34)26-25(22)28-42-29-26/h14-15,21H,4-13,16-20H2,1-3H3,(H2-,27,29,35,36,37)/p+1/t21-/m1/s1. The van der Waals surface area contributed by atoms with Crippen molar-refractivity contribution in [3.8, 4) is 0 Å². The first kappa shape index (κ1) is 36.5. The Morgan fingerprint density at radius 1 is 1.02 bits per heavy atom. The van der Waals surface area contributed by atoms with Crippen LogP contribution in [0.5, 0.6) is 0 Å². The number of ether oxygens (including phenoxy) is 1. The Hall–Kier alpha value is -2.72. The molecule has 0 saturated carbocycles. The summed E-state index contributed by atoms with van der Waals surface area (Å²) in [4.78, 5) is 36.4. The molecule has 0 aliphatic carbocycles. The number of likely N-dealkylation sites (N-methyl/N-ethyl adjacent to an activating group) is 1. The van der Waals surface area contributed by atoms with Crippen molar-refractivity contribution in [2.24, 2.45) is 0 Å². The number of nitrogens with one attached hydrogen (secondary N) is 1. The van der Waals surface area contributed by atoms with E-state index in [4.69, 9.17) is 19.0 Å². The average Bonchev–Trinajstić information content (AvgIpc) is 3.43. The van der Waals surface area contributed by atoms with E-state index in [0.29, 0.717) is 35.2 Å². The number of aromatic nitrogens is 2. The number of nitrogens with zero attached hydrogens (tertiary/aromatic N) is 4. The van der Waals surface area contributed by atoms with E-state index in [9.17, 15) is 24.4 Å². The van der Waals surface area contributed by atoms with E-state index in [2.05, 4.69) is 25.1 Å². The average molecular weight is 635 g/mol. The molecule has 0 aliphatic rings. The van der Waals surface area contributed by atoms with Crippen molar-refractivity contribution >= 4 is 36.2 Å². The number of carbonyl (C=O) groups is 1. The molecule has 43 heavy (non-hydrogen) atoms. The lowest BCUT2D eigenvalue weighted by Gasteiger charge is -2.24. The Morgan fingerprint density at radius 3 is 2.28 bits per heavy atom. The number of esters is 1. The Bertz CT molecular complexity index is 1170. The lowest BCUT2D eigenvalue weighted by molar-refractivity contribution is -0.870. The fourth-order valence-corrected chi connectivity index (χ4v) is 4.75. The summed E-state index contributed by atoms with van der Waals surface area (Å²) < 4.78 is 31.9. The lowest BCUT2D eigenvalue weighted by Crippen LogP contribution is -2.37. The van der Waals surface area contributed by atoms with Gasteiger partial charge in [-0.05, 0) is 29.2 Å². The van der Waals surface area contributed by atoms with Gasteiger partial charge in [0, 0.05) is 19.0 Å². The molecular weight excluding hydrogens is 589 g/mol. The molecule has 2 atom stereocenters. The van der Waals surface area contributed by atoms with E-state index < -0.39 is 31.4 Å². The molecule has 1 heterocycles. The maximum Gasteiger partial charge on any atom is 0.472 e. The zero-order chi connectivity index (χ0) is 31.7. The Labute approximate surface area is 250 Å². The molecule has 0 saturated heterocycles. The summed E-state index contributed by atoms with van der Waals surface area (Å²) in [5.41, 5.74) is 1.00. The third kappa shape index (κ3) is 15.0. The van der Waals surface area contributed by atoms with Crippen LogP contribution >= 0.6 is 7.82 Å². The summed E-state index contributed by atoms with van der Waals surface area (Å²) in [5.74, 6) is -0.448. The number of rotatable bonds is 24. The van der Waals surface area contributed by atoms with Gasteiger partial charge in [-0.1, -0.05) is 44.9 Å². The highest BCUT2D eigenvalue weighted by atomic mass is 31.2. The Balaban J connectivity index is 1.45. The summed E-state index contributed by atoms with van der Waals surface area (Å²) in [7, 11) is 1.40. The zero-order valence-corrected chi connectivity index (χ0v) is 26.0. The van der Waals surface area contributed by atoms with Crippen LogP contribution in [0.3, 0.4) is 0 Å². The molecule has 244 valence electrons. The van der Waals surface area contributed by atoms with Crippen molar-refractivity contribution in [2.45, 2.75) is 70.3 Å². The van der Waals surface area contributed by atoms with Gasteiger partial charge in [0.1, 0.15) is 19.8 Å². The third-order valence-corrected chi connectivity index (χ3v) is 7.47. The summed E-state index contributed by atoms with van der Waals surface area (Å²) in [6.07, 6.45) is 8.07. The Morgan fingerprint density at radius 2 is 1.65 bits per heavy atom. The SMILES string of the molecule is C[N+](C)(C)CCOP(=O)(O)OC[C@@H](COC(=O)CCCCCCCCCCCNc1ccc([N+](=O)[O-])c2nonc12)OO. The predicted octanol–water partition coefficient (Wildman–Crippen LogP) is 4.69. The van der Waals surface area contributed by atoms with Gasteiger partial charge in [0.2, 0.25) is 5.52 Å². The molecule has 2 aromatic rings. The molecule has 0 fully saturated rings. The first-order valence-corrected chi connectivity index (χ1v) is 15.9. The maximum atomic E-state index is 12.0. The van der Waals surface area contributed by atoms with E-state index in [1.807, 2.05) is 21.1 Å². The van der Waals surface area contributed by atoms with Crippen molar-refractivity contribution in [3.63, 3.8) is 0 Å². The van der Waals surface area contributed by atoms with Crippen LogP contribution in [0.1, 0.15) is 64.2 Å². The molecule has 16 nitrogen and oxygen atoms in total. The van der Waals surface area contributed by atoms with Crippen LogP contribution in [0.4, 0.5) is 11.4 Å². The first-order valence-electron chi connectivity index (χ1n) is 14.4. The minimum Gasteiger partial charge on any atom is -0.463 e. The molecule has 0 radical (unpaired) electrons. The van der Waals surface area contributed by atoms with Crippen LogP contribution in [0.2, 0.25) is 0 Å². The van der Waals surface area contributed by atoms with Crippen LogP contribution in [0.25, 0.3) is 11.0 Å².